The number of ether oxygens (including phenoxy) is 1. The number of likely N-dealkylation sites (N-methyl/N-ethyl adjacent to an activating group) is 1. The average molecular weight is 336 g/mol. The van der Waals surface area contributed by atoms with Crippen molar-refractivity contribution in [2.45, 2.75) is 25.9 Å². The first-order valence-electron chi connectivity index (χ1n) is 8.01. The van der Waals surface area contributed by atoms with E-state index in [4.69, 9.17) is 9.26 Å². The topological polar surface area (TPSA) is 54.6 Å². The highest BCUT2D eigenvalue weighted by Gasteiger charge is 2.27. The fourth-order valence-corrected chi connectivity index (χ4v) is 3.71. The molecule has 0 saturated carbocycles. The van der Waals surface area contributed by atoms with Crippen LogP contribution in [0.15, 0.2) is 22.0 Å². The summed E-state index contributed by atoms with van der Waals surface area (Å²) in [7, 11) is 2.12. The van der Waals surface area contributed by atoms with E-state index in [-0.39, 0.29) is 6.04 Å². The van der Waals surface area contributed by atoms with Crippen LogP contribution in [0.1, 0.15) is 35.6 Å². The molecular formula is C16H24N4O2S. The Morgan fingerprint density at radius 3 is 2.78 bits per heavy atom. The summed E-state index contributed by atoms with van der Waals surface area (Å²) in [5.41, 5.74) is 0. The molecule has 0 N–H and O–H groups in total. The number of rotatable bonds is 6. The first-order valence-corrected chi connectivity index (χ1v) is 8.88. The predicted octanol–water partition coefficient (Wildman–Crippen LogP) is 2.51. The van der Waals surface area contributed by atoms with E-state index in [0.29, 0.717) is 17.8 Å². The molecule has 2 aromatic heterocycles. The van der Waals surface area contributed by atoms with Crippen molar-refractivity contribution in [3.8, 4) is 0 Å². The summed E-state index contributed by atoms with van der Waals surface area (Å²) >= 11 is 1.82. The Hall–Kier alpha value is -1.28. The first kappa shape index (κ1) is 16.6. The smallest absolute Gasteiger partial charge is 0.243 e. The maximum absolute atomic E-state index is 5.51. The predicted molar refractivity (Wildman–Crippen MR) is 89.5 cm³/mol. The second-order valence-electron chi connectivity index (χ2n) is 5.97. The zero-order valence-electron chi connectivity index (χ0n) is 13.9. The van der Waals surface area contributed by atoms with Gasteiger partial charge in [0.05, 0.1) is 25.3 Å². The van der Waals surface area contributed by atoms with Gasteiger partial charge in [-0.2, -0.15) is 4.98 Å². The van der Waals surface area contributed by atoms with Gasteiger partial charge in [0, 0.05) is 24.5 Å². The van der Waals surface area contributed by atoms with E-state index in [9.17, 15) is 0 Å². The molecule has 1 fully saturated rings. The normalized spacial score (nSPS) is 19.1. The quantitative estimate of drug-likeness (QED) is 0.808. The minimum Gasteiger partial charge on any atom is -0.379 e. The van der Waals surface area contributed by atoms with Crippen molar-refractivity contribution in [1.29, 1.82) is 0 Å². The SMILES string of the molecule is Cc1noc([C@@H](C)N(C)C[C@H](c2cccs2)N2CCOCC2)n1. The van der Waals surface area contributed by atoms with Gasteiger partial charge in [-0.1, -0.05) is 11.2 Å². The molecule has 0 amide bonds. The molecule has 2 atom stereocenters. The lowest BCUT2D eigenvalue weighted by molar-refractivity contribution is 0.00666. The molecule has 0 unspecified atom stereocenters. The molecule has 1 saturated heterocycles. The van der Waals surface area contributed by atoms with E-state index in [1.807, 2.05) is 18.3 Å². The van der Waals surface area contributed by atoms with Gasteiger partial charge in [0.25, 0.3) is 0 Å². The highest BCUT2D eigenvalue weighted by atomic mass is 32.1. The highest BCUT2D eigenvalue weighted by molar-refractivity contribution is 7.10. The van der Waals surface area contributed by atoms with Gasteiger partial charge in [0.2, 0.25) is 5.89 Å². The number of hydrogen-bond donors (Lipinski definition) is 0. The molecule has 6 nitrogen and oxygen atoms in total. The number of nitrogens with zero attached hydrogens (tertiary/aromatic N) is 4. The van der Waals surface area contributed by atoms with Crippen molar-refractivity contribution in [3.63, 3.8) is 0 Å². The first-order chi connectivity index (χ1) is 11.1. The Morgan fingerprint density at radius 2 is 2.17 bits per heavy atom. The number of thiophene rings is 1. The van der Waals surface area contributed by atoms with Crippen molar-refractivity contribution < 1.29 is 9.26 Å². The van der Waals surface area contributed by atoms with E-state index >= 15 is 0 Å². The Kier molecular flexibility index (Phi) is 5.42. The van der Waals surface area contributed by atoms with Gasteiger partial charge in [0.1, 0.15) is 0 Å². The minimum atomic E-state index is 0.0969. The summed E-state index contributed by atoms with van der Waals surface area (Å²) < 4.78 is 10.8. The zero-order valence-corrected chi connectivity index (χ0v) is 14.8. The van der Waals surface area contributed by atoms with E-state index in [2.05, 4.69) is 51.4 Å². The van der Waals surface area contributed by atoms with Crippen LogP contribution in [0.25, 0.3) is 0 Å². The average Bonchev–Trinajstić information content (AvgIpc) is 3.24. The van der Waals surface area contributed by atoms with Gasteiger partial charge in [0.15, 0.2) is 5.82 Å². The van der Waals surface area contributed by atoms with Gasteiger partial charge in [-0.25, -0.2) is 0 Å². The lowest BCUT2D eigenvalue weighted by Gasteiger charge is -2.37. The molecule has 23 heavy (non-hydrogen) atoms. The van der Waals surface area contributed by atoms with E-state index < -0.39 is 0 Å². The van der Waals surface area contributed by atoms with Crippen LogP contribution in [0.3, 0.4) is 0 Å². The summed E-state index contributed by atoms with van der Waals surface area (Å²) in [4.78, 5) is 10.6. The van der Waals surface area contributed by atoms with Crippen LogP contribution in [0, 0.1) is 6.92 Å². The molecule has 1 aliphatic heterocycles. The Balaban J connectivity index is 1.72. The molecule has 3 heterocycles. The number of aryl methyl sites for hydroxylation is 1. The van der Waals surface area contributed by atoms with E-state index in [1.54, 1.807) is 0 Å². The molecule has 0 spiro atoms. The van der Waals surface area contributed by atoms with E-state index in [1.165, 1.54) is 4.88 Å². The minimum absolute atomic E-state index is 0.0969. The molecule has 2 aromatic rings. The molecule has 0 bridgehead atoms. The zero-order chi connectivity index (χ0) is 16.2. The van der Waals surface area contributed by atoms with Crippen LogP contribution in [0.5, 0.6) is 0 Å². The standard InChI is InChI=1S/C16H24N4O2S/c1-12(16-17-13(2)18-22-16)19(3)11-14(15-5-4-10-23-15)20-6-8-21-9-7-20/h4-5,10,12,14H,6-9,11H2,1-3H3/t12-,14-/m1/s1. The monoisotopic (exact) mass is 336 g/mol. The molecule has 7 heteroatoms. The molecule has 1 aliphatic rings. The second kappa shape index (κ2) is 7.53. The van der Waals surface area contributed by atoms with Crippen molar-refractivity contribution in [2.24, 2.45) is 0 Å². The van der Waals surface area contributed by atoms with Crippen LogP contribution < -0.4 is 0 Å². The Morgan fingerprint density at radius 1 is 1.39 bits per heavy atom. The third kappa shape index (κ3) is 3.98. The van der Waals surface area contributed by atoms with Crippen molar-refractivity contribution >= 4 is 11.3 Å². The lowest BCUT2D eigenvalue weighted by atomic mass is 10.1. The summed E-state index contributed by atoms with van der Waals surface area (Å²) in [6, 6.07) is 4.81. The van der Waals surface area contributed by atoms with Crippen LogP contribution in [-0.2, 0) is 4.74 Å². The van der Waals surface area contributed by atoms with Crippen molar-refractivity contribution in [3.05, 3.63) is 34.1 Å². The van der Waals surface area contributed by atoms with Crippen molar-refractivity contribution in [2.75, 3.05) is 39.9 Å². The largest absolute Gasteiger partial charge is 0.379 e. The van der Waals surface area contributed by atoms with Crippen LogP contribution in [0.2, 0.25) is 0 Å². The number of hydrogen-bond acceptors (Lipinski definition) is 7. The van der Waals surface area contributed by atoms with Gasteiger partial charge in [-0.05, 0) is 32.3 Å². The fraction of sp³-hybridized carbons (Fsp3) is 0.625. The van der Waals surface area contributed by atoms with Gasteiger partial charge in [-0.3, -0.25) is 9.80 Å². The molecule has 0 aromatic carbocycles. The van der Waals surface area contributed by atoms with E-state index in [0.717, 1.165) is 32.8 Å². The van der Waals surface area contributed by atoms with Gasteiger partial charge < -0.3 is 9.26 Å². The maximum atomic E-state index is 5.51. The number of aromatic nitrogens is 2. The fourth-order valence-electron chi connectivity index (χ4n) is 2.86. The lowest BCUT2D eigenvalue weighted by Crippen LogP contribution is -2.43. The molecule has 3 rings (SSSR count). The number of morpholine rings is 1. The maximum Gasteiger partial charge on any atom is 0.243 e. The second-order valence-corrected chi connectivity index (χ2v) is 6.95. The summed E-state index contributed by atoms with van der Waals surface area (Å²) in [5, 5.41) is 6.05. The van der Waals surface area contributed by atoms with Crippen LogP contribution in [-0.4, -0.2) is 59.8 Å². The van der Waals surface area contributed by atoms with Crippen LogP contribution >= 0.6 is 11.3 Å². The molecule has 0 radical (unpaired) electrons. The Labute approximate surface area is 141 Å². The van der Waals surface area contributed by atoms with Crippen LogP contribution in [0.4, 0.5) is 0 Å². The Bertz CT molecular complexity index is 595. The summed E-state index contributed by atoms with van der Waals surface area (Å²) in [5.74, 6) is 1.36. The third-order valence-electron chi connectivity index (χ3n) is 4.38. The summed E-state index contributed by atoms with van der Waals surface area (Å²) in [6.07, 6.45) is 0. The highest BCUT2D eigenvalue weighted by Crippen LogP contribution is 2.29. The van der Waals surface area contributed by atoms with Crippen molar-refractivity contribution in [1.82, 2.24) is 19.9 Å². The third-order valence-corrected chi connectivity index (χ3v) is 5.35. The van der Waals surface area contributed by atoms with Gasteiger partial charge in [-0.15, -0.1) is 11.3 Å². The molecule has 0 aliphatic carbocycles. The summed E-state index contributed by atoms with van der Waals surface area (Å²) in [6.45, 7) is 8.45. The molecular weight excluding hydrogens is 312 g/mol. The van der Waals surface area contributed by atoms with Gasteiger partial charge >= 0.3 is 0 Å². The molecule has 126 valence electrons.